The van der Waals surface area contributed by atoms with Crippen LogP contribution >= 0.6 is 11.8 Å². The zero-order valence-electron chi connectivity index (χ0n) is 11.3. The SMILES string of the molecule is CC(C)(C)NCCCCSCc1ccccc1. The molecule has 0 unspecified atom stereocenters. The van der Waals surface area contributed by atoms with E-state index in [0.29, 0.717) is 0 Å². The second-order valence-corrected chi connectivity index (χ2v) is 6.53. The molecule has 0 fully saturated rings. The van der Waals surface area contributed by atoms with Crippen molar-refractivity contribution in [3.05, 3.63) is 35.9 Å². The van der Waals surface area contributed by atoms with Gasteiger partial charge < -0.3 is 5.32 Å². The fraction of sp³-hybridized carbons (Fsp3) is 0.600. The van der Waals surface area contributed by atoms with Crippen molar-refractivity contribution in [1.29, 1.82) is 0 Å². The molecule has 0 bridgehead atoms. The van der Waals surface area contributed by atoms with Crippen LogP contribution in [0.1, 0.15) is 39.2 Å². The first-order valence-electron chi connectivity index (χ1n) is 6.45. The number of benzene rings is 1. The van der Waals surface area contributed by atoms with Crippen molar-refractivity contribution in [3.63, 3.8) is 0 Å². The van der Waals surface area contributed by atoms with Crippen LogP contribution in [0.2, 0.25) is 0 Å². The Balaban J connectivity index is 1.95. The Kier molecular flexibility index (Phi) is 6.68. The molecule has 0 saturated carbocycles. The van der Waals surface area contributed by atoms with E-state index in [-0.39, 0.29) is 5.54 Å². The molecule has 1 aromatic rings. The maximum absolute atomic E-state index is 3.52. The van der Waals surface area contributed by atoms with E-state index in [1.54, 1.807) is 0 Å². The van der Waals surface area contributed by atoms with Gasteiger partial charge in [-0.3, -0.25) is 0 Å². The molecule has 0 aliphatic rings. The van der Waals surface area contributed by atoms with Gasteiger partial charge in [-0.15, -0.1) is 0 Å². The van der Waals surface area contributed by atoms with Gasteiger partial charge in [-0.25, -0.2) is 0 Å². The summed E-state index contributed by atoms with van der Waals surface area (Å²) >= 11 is 2.04. The van der Waals surface area contributed by atoms with E-state index >= 15 is 0 Å². The Morgan fingerprint density at radius 3 is 2.41 bits per heavy atom. The van der Waals surface area contributed by atoms with Gasteiger partial charge in [-0.05, 0) is 51.5 Å². The number of nitrogens with one attached hydrogen (secondary N) is 1. The Morgan fingerprint density at radius 1 is 1.06 bits per heavy atom. The average Bonchev–Trinajstić information content (AvgIpc) is 2.28. The fourth-order valence-corrected chi connectivity index (χ4v) is 2.54. The minimum absolute atomic E-state index is 0.261. The Morgan fingerprint density at radius 2 is 1.76 bits per heavy atom. The third-order valence-corrected chi connectivity index (χ3v) is 3.60. The zero-order chi connectivity index (χ0) is 12.6. The van der Waals surface area contributed by atoms with E-state index in [9.17, 15) is 0 Å². The lowest BCUT2D eigenvalue weighted by Gasteiger charge is -2.20. The van der Waals surface area contributed by atoms with E-state index in [0.717, 1.165) is 12.3 Å². The number of thioether (sulfide) groups is 1. The van der Waals surface area contributed by atoms with Gasteiger partial charge in [0, 0.05) is 11.3 Å². The first-order chi connectivity index (χ1) is 8.08. The van der Waals surface area contributed by atoms with Gasteiger partial charge in [0.2, 0.25) is 0 Å². The maximum Gasteiger partial charge on any atom is 0.0184 e. The molecule has 0 amide bonds. The Bertz CT molecular complexity index is 290. The summed E-state index contributed by atoms with van der Waals surface area (Å²) in [6.45, 7) is 7.79. The number of hydrogen-bond acceptors (Lipinski definition) is 2. The molecule has 0 saturated heterocycles. The minimum Gasteiger partial charge on any atom is -0.312 e. The molecule has 0 spiro atoms. The molecular weight excluding hydrogens is 226 g/mol. The molecule has 0 aliphatic heterocycles. The lowest BCUT2D eigenvalue weighted by molar-refractivity contribution is 0.421. The molecule has 0 aromatic heterocycles. The molecule has 0 heterocycles. The standard InChI is InChI=1S/C15H25NS/c1-15(2,3)16-11-7-8-12-17-13-14-9-5-4-6-10-14/h4-6,9-10,16H,7-8,11-13H2,1-3H3. The average molecular weight is 251 g/mol. The summed E-state index contributed by atoms with van der Waals surface area (Å²) in [6, 6.07) is 10.7. The van der Waals surface area contributed by atoms with Crippen molar-refractivity contribution >= 4 is 11.8 Å². The molecule has 1 rings (SSSR count). The Hall–Kier alpha value is -0.470. The van der Waals surface area contributed by atoms with Crippen molar-refractivity contribution in [2.45, 2.75) is 44.9 Å². The molecule has 1 aromatic carbocycles. The molecule has 1 N–H and O–H groups in total. The van der Waals surface area contributed by atoms with Crippen LogP contribution in [0.5, 0.6) is 0 Å². The van der Waals surface area contributed by atoms with Gasteiger partial charge in [-0.2, -0.15) is 11.8 Å². The molecule has 96 valence electrons. The van der Waals surface area contributed by atoms with Crippen molar-refractivity contribution in [3.8, 4) is 0 Å². The maximum atomic E-state index is 3.52. The highest BCUT2D eigenvalue weighted by Gasteiger charge is 2.06. The van der Waals surface area contributed by atoms with Crippen LogP contribution in [0, 0.1) is 0 Å². The number of hydrogen-bond donors (Lipinski definition) is 1. The van der Waals surface area contributed by atoms with Crippen molar-refractivity contribution < 1.29 is 0 Å². The van der Waals surface area contributed by atoms with Crippen LogP contribution in [-0.4, -0.2) is 17.8 Å². The number of unbranched alkanes of at least 4 members (excludes halogenated alkanes) is 1. The van der Waals surface area contributed by atoms with E-state index in [4.69, 9.17) is 0 Å². The van der Waals surface area contributed by atoms with Gasteiger partial charge in [0.05, 0.1) is 0 Å². The first-order valence-corrected chi connectivity index (χ1v) is 7.60. The van der Waals surface area contributed by atoms with Crippen LogP contribution in [0.3, 0.4) is 0 Å². The van der Waals surface area contributed by atoms with Crippen LogP contribution in [-0.2, 0) is 5.75 Å². The van der Waals surface area contributed by atoms with Gasteiger partial charge in [0.1, 0.15) is 0 Å². The van der Waals surface area contributed by atoms with Crippen LogP contribution < -0.4 is 5.32 Å². The van der Waals surface area contributed by atoms with Gasteiger partial charge in [-0.1, -0.05) is 30.3 Å². The van der Waals surface area contributed by atoms with Crippen LogP contribution in [0.4, 0.5) is 0 Å². The topological polar surface area (TPSA) is 12.0 Å². The lowest BCUT2D eigenvalue weighted by atomic mass is 10.1. The molecule has 0 radical (unpaired) electrons. The van der Waals surface area contributed by atoms with E-state index in [1.807, 2.05) is 11.8 Å². The van der Waals surface area contributed by atoms with Gasteiger partial charge in [0.15, 0.2) is 0 Å². The third-order valence-electron chi connectivity index (χ3n) is 2.48. The Labute approximate surface area is 110 Å². The highest BCUT2D eigenvalue weighted by molar-refractivity contribution is 7.98. The quantitative estimate of drug-likeness (QED) is 0.733. The molecule has 0 atom stereocenters. The van der Waals surface area contributed by atoms with Crippen LogP contribution in [0.15, 0.2) is 30.3 Å². The van der Waals surface area contributed by atoms with Crippen LogP contribution in [0.25, 0.3) is 0 Å². The molecule has 17 heavy (non-hydrogen) atoms. The van der Waals surface area contributed by atoms with Crippen molar-refractivity contribution in [2.24, 2.45) is 0 Å². The molecular formula is C15H25NS. The van der Waals surface area contributed by atoms with Crippen molar-refractivity contribution in [2.75, 3.05) is 12.3 Å². The van der Waals surface area contributed by atoms with E-state index in [1.165, 1.54) is 24.2 Å². The first kappa shape index (κ1) is 14.6. The minimum atomic E-state index is 0.261. The summed E-state index contributed by atoms with van der Waals surface area (Å²) in [5.41, 5.74) is 1.70. The van der Waals surface area contributed by atoms with Crippen molar-refractivity contribution in [1.82, 2.24) is 5.32 Å². The highest BCUT2D eigenvalue weighted by atomic mass is 32.2. The highest BCUT2D eigenvalue weighted by Crippen LogP contribution is 2.13. The summed E-state index contributed by atoms with van der Waals surface area (Å²) in [5.74, 6) is 2.41. The predicted octanol–water partition coefficient (Wildman–Crippen LogP) is 4.09. The number of rotatable bonds is 7. The van der Waals surface area contributed by atoms with Gasteiger partial charge in [0.25, 0.3) is 0 Å². The molecule has 1 nitrogen and oxygen atoms in total. The van der Waals surface area contributed by atoms with E-state index < -0.39 is 0 Å². The largest absolute Gasteiger partial charge is 0.312 e. The monoisotopic (exact) mass is 251 g/mol. The summed E-state index contributed by atoms with van der Waals surface area (Å²) in [6.07, 6.45) is 2.58. The summed E-state index contributed by atoms with van der Waals surface area (Å²) < 4.78 is 0. The normalized spacial score (nSPS) is 11.7. The lowest BCUT2D eigenvalue weighted by Crippen LogP contribution is -2.36. The van der Waals surface area contributed by atoms with Gasteiger partial charge >= 0.3 is 0 Å². The smallest absolute Gasteiger partial charge is 0.0184 e. The molecule has 0 aliphatic carbocycles. The fourth-order valence-electron chi connectivity index (χ4n) is 1.56. The second kappa shape index (κ2) is 7.78. The summed E-state index contributed by atoms with van der Waals surface area (Å²) in [5, 5.41) is 3.52. The second-order valence-electron chi connectivity index (χ2n) is 5.42. The van der Waals surface area contributed by atoms with E-state index in [2.05, 4.69) is 56.4 Å². The summed E-state index contributed by atoms with van der Waals surface area (Å²) in [7, 11) is 0. The predicted molar refractivity (Wildman–Crippen MR) is 79.6 cm³/mol. The molecule has 2 heteroatoms. The zero-order valence-corrected chi connectivity index (χ0v) is 12.1. The third kappa shape index (κ3) is 8.28. The summed E-state index contributed by atoms with van der Waals surface area (Å²) in [4.78, 5) is 0.